The number of nitrogens with zero attached hydrogens (tertiary/aromatic N) is 2. The van der Waals surface area contributed by atoms with Crippen molar-refractivity contribution in [2.24, 2.45) is 5.73 Å². The summed E-state index contributed by atoms with van der Waals surface area (Å²) >= 11 is 1.72. The predicted octanol–water partition coefficient (Wildman–Crippen LogP) is 2.58. The van der Waals surface area contributed by atoms with Gasteiger partial charge < -0.3 is 10.3 Å². The molecule has 3 nitrogen and oxygen atoms in total. The van der Waals surface area contributed by atoms with Gasteiger partial charge in [0.1, 0.15) is 5.82 Å². The van der Waals surface area contributed by atoms with Crippen LogP contribution in [0.5, 0.6) is 0 Å². The van der Waals surface area contributed by atoms with Crippen molar-refractivity contribution in [3.05, 3.63) is 40.1 Å². The van der Waals surface area contributed by atoms with Gasteiger partial charge in [-0.3, -0.25) is 0 Å². The molecule has 2 rings (SSSR count). The third-order valence-electron chi connectivity index (χ3n) is 2.81. The molecule has 16 heavy (non-hydrogen) atoms. The summed E-state index contributed by atoms with van der Waals surface area (Å²) in [4.78, 5) is 5.60. The summed E-state index contributed by atoms with van der Waals surface area (Å²) < 4.78 is 2.10. The van der Waals surface area contributed by atoms with E-state index in [2.05, 4.69) is 34.8 Å². The van der Waals surface area contributed by atoms with Gasteiger partial charge >= 0.3 is 0 Å². The van der Waals surface area contributed by atoms with Gasteiger partial charge in [-0.1, -0.05) is 6.92 Å². The molecular formula is C12H17N3S. The number of aromatic nitrogens is 2. The first-order valence-electron chi connectivity index (χ1n) is 5.60. The Bertz CT molecular complexity index is 416. The third kappa shape index (κ3) is 1.90. The standard InChI is InChI=1S/C12H17N3S/c1-3-9-5-8-16-11(9)10(13)12-14-6-7-15(12)4-2/h5-8,10H,3-4,13H2,1-2H3. The van der Waals surface area contributed by atoms with E-state index >= 15 is 0 Å². The normalized spacial score (nSPS) is 12.9. The summed E-state index contributed by atoms with van der Waals surface area (Å²) in [6, 6.07) is 2.06. The number of hydrogen-bond donors (Lipinski definition) is 1. The van der Waals surface area contributed by atoms with Crippen LogP contribution in [0.3, 0.4) is 0 Å². The maximum atomic E-state index is 6.29. The van der Waals surface area contributed by atoms with Crippen LogP contribution >= 0.6 is 11.3 Å². The minimum Gasteiger partial charge on any atom is -0.334 e. The lowest BCUT2D eigenvalue weighted by molar-refractivity contribution is 0.659. The second-order valence-electron chi connectivity index (χ2n) is 3.71. The van der Waals surface area contributed by atoms with Crippen LogP contribution in [-0.2, 0) is 13.0 Å². The molecule has 0 aliphatic carbocycles. The second kappa shape index (κ2) is 4.80. The molecule has 0 spiro atoms. The van der Waals surface area contributed by atoms with Gasteiger partial charge in [0.15, 0.2) is 0 Å². The molecule has 2 N–H and O–H groups in total. The number of hydrogen-bond acceptors (Lipinski definition) is 3. The lowest BCUT2D eigenvalue weighted by Crippen LogP contribution is -2.17. The lowest BCUT2D eigenvalue weighted by Gasteiger charge is -2.13. The summed E-state index contributed by atoms with van der Waals surface area (Å²) in [5.41, 5.74) is 7.62. The molecule has 0 bridgehead atoms. The molecule has 0 saturated heterocycles. The Labute approximate surface area is 99.9 Å². The monoisotopic (exact) mass is 235 g/mol. The topological polar surface area (TPSA) is 43.8 Å². The maximum absolute atomic E-state index is 6.29. The van der Waals surface area contributed by atoms with Crippen molar-refractivity contribution in [1.82, 2.24) is 9.55 Å². The molecule has 1 unspecified atom stereocenters. The fourth-order valence-corrected chi connectivity index (χ4v) is 2.89. The SMILES string of the molecule is CCc1ccsc1C(N)c1nccn1CC. The van der Waals surface area contributed by atoms with Crippen molar-refractivity contribution in [2.75, 3.05) is 0 Å². The van der Waals surface area contributed by atoms with Gasteiger partial charge in [-0.15, -0.1) is 11.3 Å². The predicted molar refractivity (Wildman–Crippen MR) is 67.6 cm³/mol. The smallest absolute Gasteiger partial charge is 0.131 e. The first-order valence-corrected chi connectivity index (χ1v) is 6.48. The number of rotatable bonds is 4. The van der Waals surface area contributed by atoms with Crippen molar-refractivity contribution < 1.29 is 0 Å². The highest BCUT2D eigenvalue weighted by atomic mass is 32.1. The largest absolute Gasteiger partial charge is 0.334 e. The molecule has 4 heteroatoms. The van der Waals surface area contributed by atoms with Crippen LogP contribution in [0.15, 0.2) is 23.8 Å². The summed E-state index contributed by atoms with van der Waals surface area (Å²) in [5, 5.41) is 2.10. The molecule has 0 aromatic carbocycles. The molecule has 2 heterocycles. The maximum Gasteiger partial charge on any atom is 0.131 e. The third-order valence-corrected chi connectivity index (χ3v) is 3.85. The van der Waals surface area contributed by atoms with Crippen molar-refractivity contribution in [2.45, 2.75) is 32.9 Å². The molecule has 2 aromatic rings. The lowest BCUT2D eigenvalue weighted by atomic mass is 10.1. The Morgan fingerprint density at radius 3 is 3.00 bits per heavy atom. The second-order valence-corrected chi connectivity index (χ2v) is 4.66. The highest BCUT2D eigenvalue weighted by Gasteiger charge is 2.17. The van der Waals surface area contributed by atoms with E-state index in [-0.39, 0.29) is 6.04 Å². The van der Waals surface area contributed by atoms with Gasteiger partial charge in [0, 0.05) is 23.8 Å². The molecule has 0 fully saturated rings. The van der Waals surface area contributed by atoms with Gasteiger partial charge in [0.05, 0.1) is 6.04 Å². The van der Waals surface area contributed by atoms with Crippen LogP contribution < -0.4 is 5.73 Å². The van der Waals surface area contributed by atoms with E-state index in [4.69, 9.17) is 5.73 Å². The molecule has 2 aromatic heterocycles. The van der Waals surface area contributed by atoms with E-state index in [0.717, 1.165) is 18.8 Å². The highest BCUT2D eigenvalue weighted by Crippen LogP contribution is 2.27. The molecule has 0 aliphatic heterocycles. The summed E-state index contributed by atoms with van der Waals surface area (Å²) in [7, 11) is 0. The van der Waals surface area contributed by atoms with Crippen LogP contribution in [0, 0.1) is 0 Å². The highest BCUT2D eigenvalue weighted by molar-refractivity contribution is 7.10. The first-order chi connectivity index (χ1) is 7.77. The van der Waals surface area contributed by atoms with E-state index in [1.807, 2.05) is 12.4 Å². The zero-order valence-electron chi connectivity index (χ0n) is 9.68. The Kier molecular flexibility index (Phi) is 3.41. The van der Waals surface area contributed by atoms with Crippen LogP contribution in [0.25, 0.3) is 0 Å². The fourth-order valence-electron chi connectivity index (χ4n) is 1.90. The quantitative estimate of drug-likeness (QED) is 0.885. The summed E-state index contributed by atoms with van der Waals surface area (Å²) in [6.07, 6.45) is 4.83. The van der Waals surface area contributed by atoms with Crippen molar-refractivity contribution in [1.29, 1.82) is 0 Å². The minimum atomic E-state index is -0.0927. The number of thiophene rings is 1. The van der Waals surface area contributed by atoms with Crippen molar-refractivity contribution >= 4 is 11.3 Å². The van der Waals surface area contributed by atoms with Gasteiger partial charge in [-0.2, -0.15) is 0 Å². The summed E-state index contributed by atoms with van der Waals surface area (Å²) in [6.45, 7) is 5.17. The zero-order chi connectivity index (χ0) is 11.5. The van der Waals surface area contributed by atoms with Crippen LogP contribution in [0.2, 0.25) is 0 Å². The van der Waals surface area contributed by atoms with E-state index in [9.17, 15) is 0 Å². The molecule has 1 atom stereocenters. The van der Waals surface area contributed by atoms with E-state index in [1.54, 1.807) is 11.3 Å². The number of aryl methyl sites for hydroxylation is 2. The van der Waals surface area contributed by atoms with Gasteiger partial charge in [-0.25, -0.2) is 4.98 Å². The number of imidazole rings is 1. The average molecular weight is 235 g/mol. The fraction of sp³-hybridized carbons (Fsp3) is 0.417. The van der Waals surface area contributed by atoms with E-state index < -0.39 is 0 Å². The minimum absolute atomic E-state index is 0.0927. The average Bonchev–Trinajstić information content (AvgIpc) is 2.96. The van der Waals surface area contributed by atoms with E-state index in [1.165, 1.54) is 10.4 Å². The van der Waals surface area contributed by atoms with Crippen LogP contribution in [-0.4, -0.2) is 9.55 Å². The number of nitrogens with two attached hydrogens (primary N) is 1. The molecule has 0 amide bonds. The zero-order valence-corrected chi connectivity index (χ0v) is 10.5. The van der Waals surface area contributed by atoms with Crippen LogP contribution in [0.4, 0.5) is 0 Å². The van der Waals surface area contributed by atoms with Gasteiger partial charge in [0.25, 0.3) is 0 Å². The Morgan fingerprint density at radius 2 is 2.31 bits per heavy atom. The first kappa shape index (κ1) is 11.4. The summed E-state index contributed by atoms with van der Waals surface area (Å²) in [5.74, 6) is 0.958. The molecular weight excluding hydrogens is 218 g/mol. The Morgan fingerprint density at radius 1 is 1.50 bits per heavy atom. The Balaban J connectivity index is 2.35. The van der Waals surface area contributed by atoms with Gasteiger partial charge in [-0.05, 0) is 30.4 Å². The van der Waals surface area contributed by atoms with Crippen molar-refractivity contribution in [3.8, 4) is 0 Å². The molecule has 0 radical (unpaired) electrons. The van der Waals surface area contributed by atoms with Crippen LogP contribution in [0.1, 0.15) is 36.2 Å². The van der Waals surface area contributed by atoms with E-state index in [0.29, 0.717) is 0 Å². The van der Waals surface area contributed by atoms with Gasteiger partial charge in [0.2, 0.25) is 0 Å². The Hall–Kier alpha value is -1.13. The van der Waals surface area contributed by atoms with Crippen molar-refractivity contribution in [3.63, 3.8) is 0 Å². The molecule has 86 valence electrons. The molecule has 0 aliphatic rings. The molecule has 0 saturated carbocycles.